The molecule has 2 aliphatic rings. The first-order valence-corrected chi connectivity index (χ1v) is 5.11. The molecule has 1 saturated heterocycles. The van der Waals surface area contributed by atoms with E-state index in [1.54, 1.807) is 6.92 Å². The molecule has 2 unspecified atom stereocenters. The minimum absolute atomic E-state index is 0.0671. The highest BCUT2D eigenvalue weighted by atomic mass is 16.2. The van der Waals surface area contributed by atoms with Crippen molar-refractivity contribution in [2.45, 2.75) is 25.4 Å². The second-order valence-electron chi connectivity index (χ2n) is 4.03. The van der Waals surface area contributed by atoms with Gasteiger partial charge in [0.15, 0.2) is 0 Å². The van der Waals surface area contributed by atoms with Crippen LogP contribution in [0.5, 0.6) is 0 Å². The van der Waals surface area contributed by atoms with Crippen molar-refractivity contribution in [2.24, 2.45) is 11.7 Å². The van der Waals surface area contributed by atoms with E-state index in [9.17, 15) is 4.79 Å². The van der Waals surface area contributed by atoms with Crippen molar-refractivity contribution >= 4 is 5.91 Å². The maximum absolute atomic E-state index is 11.7. The van der Waals surface area contributed by atoms with Crippen molar-refractivity contribution in [3.63, 3.8) is 0 Å². The number of carbonyl (C=O) groups excluding carboxylic acids is 1. The summed E-state index contributed by atoms with van der Waals surface area (Å²) in [4.78, 5) is 13.6. The zero-order valence-corrected chi connectivity index (χ0v) is 8.39. The van der Waals surface area contributed by atoms with Crippen LogP contribution in [-0.4, -0.2) is 29.4 Å². The van der Waals surface area contributed by atoms with Gasteiger partial charge in [0, 0.05) is 12.5 Å². The topological polar surface area (TPSA) is 46.3 Å². The van der Waals surface area contributed by atoms with Crippen LogP contribution in [0.1, 0.15) is 13.3 Å². The van der Waals surface area contributed by atoms with Crippen molar-refractivity contribution in [1.29, 1.82) is 0 Å². The lowest BCUT2D eigenvalue weighted by atomic mass is 9.96. The van der Waals surface area contributed by atoms with Crippen molar-refractivity contribution < 1.29 is 4.79 Å². The van der Waals surface area contributed by atoms with Gasteiger partial charge in [-0.2, -0.15) is 0 Å². The Labute approximate surface area is 84.3 Å². The molecule has 0 spiro atoms. The van der Waals surface area contributed by atoms with Crippen LogP contribution in [0.3, 0.4) is 0 Å². The van der Waals surface area contributed by atoms with Crippen molar-refractivity contribution in [3.05, 3.63) is 24.3 Å². The van der Waals surface area contributed by atoms with E-state index < -0.39 is 0 Å². The zero-order chi connectivity index (χ0) is 10.1. The highest BCUT2D eigenvalue weighted by Gasteiger charge is 2.35. The molecule has 1 heterocycles. The molecule has 1 aliphatic heterocycles. The molecule has 0 aromatic carbocycles. The number of nitrogens with zero attached hydrogens (tertiary/aromatic N) is 1. The van der Waals surface area contributed by atoms with Gasteiger partial charge in [0.2, 0.25) is 5.91 Å². The molecule has 0 bridgehead atoms. The molecule has 0 radical (unpaired) electrons. The molecule has 0 aromatic heterocycles. The Kier molecular flexibility index (Phi) is 2.42. The number of nitrogens with two attached hydrogens (primary N) is 1. The summed E-state index contributed by atoms with van der Waals surface area (Å²) in [6, 6.07) is -0.133. The number of carbonyl (C=O) groups is 1. The standard InChI is InChI=1S/C11H16N2O/c1-8(12)11(14)13-7-6-9-4-2-3-5-10(9)13/h2-5,8-10H,6-7,12H2,1H3/t8-,9?,10?/m0/s1. The van der Waals surface area contributed by atoms with E-state index in [4.69, 9.17) is 5.73 Å². The minimum Gasteiger partial charge on any atom is -0.334 e. The van der Waals surface area contributed by atoms with Gasteiger partial charge in [0.25, 0.3) is 0 Å². The Morgan fingerprint density at radius 3 is 2.93 bits per heavy atom. The van der Waals surface area contributed by atoms with Gasteiger partial charge in [-0.05, 0) is 13.3 Å². The molecule has 3 nitrogen and oxygen atoms in total. The van der Waals surface area contributed by atoms with Crippen LogP contribution in [0.4, 0.5) is 0 Å². The third-order valence-electron chi connectivity index (χ3n) is 2.95. The van der Waals surface area contributed by atoms with Gasteiger partial charge >= 0.3 is 0 Å². The fraction of sp³-hybridized carbons (Fsp3) is 0.545. The number of likely N-dealkylation sites (tertiary alicyclic amines) is 1. The molecule has 3 heteroatoms. The van der Waals surface area contributed by atoms with Gasteiger partial charge in [-0.25, -0.2) is 0 Å². The largest absolute Gasteiger partial charge is 0.334 e. The van der Waals surface area contributed by atoms with Crippen molar-refractivity contribution in [1.82, 2.24) is 4.90 Å². The normalized spacial score (nSPS) is 31.7. The molecule has 1 amide bonds. The molecule has 1 aliphatic carbocycles. The van der Waals surface area contributed by atoms with Gasteiger partial charge in [-0.3, -0.25) is 4.79 Å². The Balaban J connectivity index is 2.13. The summed E-state index contributed by atoms with van der Waals surface area (Å²) in [6.07, 6.45) is 9.40. The van der Waals surface area contributed by atoms with Crippen LogP contribution in [0.25, 0.3) is 0 Å². The summed E-state index contributed by atoms with van der Waals surface area (Å²) < 4.78 is 0. The van der Waals surface area contributed by atoms with Crippen LogP contribution in [0.15, 0.2) is 24.3 Å². The van der Waals surface area contributed by atoms with Gasteiger partial charge in [0.05, 0.1) is 12.1 Å². The first-order valence-electron chi connectivity index (χ1n) is 5.11. The Morgan fingerprint density at radius 2 is 2.21 bits per heavy atom. The minimum atomic E-state index is -0.381. The number of allylic oxidation sites excluding steroid dienone is 2. The van der Waals surface area contributed by atoms with Gasteiger partial charge in [-0.1, -0.05) is 24.3 Å². The van der Waals surface area contributed by atoms with Gasteiger partial charge in [-0.15, -0.1) is 0 Å². The van der Waals surface area contributed by atoms with E-state index in [2.05, 4.69) is 18.2 Å². The SMILES string of the molecule is C[C@H](N)C(=O)N1CCC2C=CC=CC21. The van der Waals surface area contributed by atoms with Crippen LogP contribution in [-0.2, 0) is 4.79 Å². The quantitative estimate of drug-likeness (QED) is 0.664. The molecular weight excluding hydrogens is 176 g/mol. The fourth-order valence-corrected chi connectivity index (χ4v) is 2.20. The maximum Gasteiger partial charge on any atom is 0.239 e. The van der Waals surface area contributed by atoms with E-state index in [0.717, 1.165) is 13.0 Å². The molecule has 2 rings (SSSR count). The molecular formula is C11H16N2O. The monoisotopic (exact) mass is 192 g/mol. The number of fused-ring (bicyclic) bond motifs is 1. The molecule has 0 saturated carbocycles. The van der Waals surface area contributed by atoms with Crippen molar-refractivity contribution in [2.75, 3.05) is 6.54 Å². The lowest BCUT2D eigenvalue weighted by molar-refractivity contribution is -0.132. The average molecular weight is 192 g/mol. The summed E-state index contributed by atoms with van der Waals surface area (Å²) in [5.41, 5.74) is 5.60. The number of rotatable bonds is 1. The predicted octanol–water partition coefficient (Wildman–Crippen LogP) is 0.677. The summed E-state index contributed by atoms with van der Waals surface area (Å²) in [6.45, 7) is 2.59. The molecule has 3 atom stereocenters. The number of hydrogen-bond acceptors (Lipinski definition) is 2. The first kappa shape index (κ1) is 9.46. The molecule has 1 fully saturated rings. The van der Waals surface area contributed by atoms with E-state index in [1.165, 1.54) is 0 Å². The summed E-state index contributed by atoms with van der Waals surface area (Å²) in [5.74, 6) is 0.570. The van der Waals surface area contributed by atoms with E-state index in [0.29, 0.717) is 5.92 Å². The molecule has 76 valence electrons. The highest BCUT2D eigenvalue weighted by molar-refractivity contribution is 5.82. The lowest BCUT2D eigenvalue weighted by Crippen LogP contribution is -2.45. The predicted molar refractivity (Wildman–Crippen MR) is 55.5 cm³/mol. The first-order chi connectivity index (χ1) is 6.70. The zero-order valence-electron chi connectivity index (χ0n) is 8.39. The summed E-state index contributed by atoms with van der Waals surface area (Å²) in [7, 11) is 0. The van der Waals surface area contributed by atoms with Gasteiger partial charge in [0.1, 0.15) is 0 Å². The maximum atomic E-state index is 11.7. The van der Waals surface area contributed by atoms with E-state index in [-0.39, 0.29) is 18.0 Å². The second-order valence-corrected chi connectivity index (χ2v) is 4.03. The summed E-state index contributed by atoms with van der Waals surface area (Å²) >= 11 is 0. The van der Waals surface area contributed by atoms with Crippen LogP contribution < -0.4 is 5.73 Å². The third kappa shape index (κ3) is 1.48. The Morgan fingerprint density at radius 1 is 1.50 bits per heavy atom. The van der Waals surface area contributed by atoms with Gasteiger partial charge < -0.3 is 10.6 Å². The smallest absolute Gasteiger partial charge is 0.239 e. The van der Waals surface area contributed by atoms with Crippen LogP contribution in [0.2, 0.25) is 0 Å². The second kappa shape index (κ2) is 3.58. The van der Waals surface area contributed by atoms with Crippen LogP contribution >= 0.6 is 0 Å². The third-order valence-corrected chi connectivity index (χ3v) is 2.95. The fourth-order valence-electron chi connectivity index (χ4n) is 2.20. The average Bonchev–Trinajstić information content (AvgIpc) is 2.60. The molecule has 0 aromatic rings. The van der Waals surface area contributed by atoms with Crippen LogP contribution in [0, 0.1) is 5.92 Å². The van der Waals surface area contributed by atoms with E-state index >= 15 is 0 Å². The number of amides is 1. The number of hydrogen-bond donors (Lipinski definition) is 1. The Hall–Kier alpha value is -1.09. The molecule has 14 heavy (non-hydrogen) atoms. The summed E-state index contributed by atoms with van der Waals surface area (Å²) in [5, 5.41) is 0. The highest BCUT2D eigenvalue weighted by Crippen LogP contribution is 2.29. The van der Waals surface area contributed by atoms with Crippen molar-refractivity contribution in [3.8, 4) is 0 Å². The van der Waals surface area contributed by atoms with E-state index in [1.807, 2.05) is 11.0 Å². The molecule has 2 N–H and O–H groups in total. The lowest BCUT2D eigenvalue weighted by Gasteiger charge is -2.27. The Bertz CT molecular complexity index is 294.